The fourth-order valence-corrected chi connectivity index (χ4v) is 3.24. The molecular formula is C13H22N2O4S. The highest BCUT2D eigenvalue weighted by Gasteiger charge is 2.32. The Kier molecular flexibility index (Phi) is 4.85. The summed E-state index contributed by atoms with van der Waals surface area (Å²) in [5.74, 6) is 0.607. The Balaban J connectivity index is 1.97. The van der Waals surface area contributed by atoms with E-state index in [9.17, 15) is 8.42 Å². The van der Waals surface area contributed by atoms with E-state index in [-0.39, 0.29) is 11.6 Å². The van der Waals surface area contributed by atoms with Crippen LogP contribution in [0.2, 0.25) is 0 Å². The van der Waals surface area contributed by atoms with Gasteiger partial charge in [-0.15, -0.1) is 0 Å². The van der Waals surface area contributed by atoms with Crippen molar-refractivity contribution < 1.29 is 17.6 Å². The quantitative estimate of drug-likeness (QED) is 0.792. The molecule has 0 bridgehead atoms. The van der Waals surface area contributed by atoms with Gasteiger partial charge in [-0.1, -0.05) is 6.92 Å². The maximum atomic E-state index is 12.1. The molecule has 7 heteroatoms. The Labute approximate surface area is 119 Å². The summed E-state index contributed by atoms with van der Waals surface area (Å²) in [6.45, 7) is 6.17. The minimum Gasteiger partial charge on any atom is -0.447 e. The topological polar surface area (TPSA) is 80.6 Å². The van der Waals surface area contributed by atoms with E-state index in [1.807, 2.05) is 13.8 Å². The zero-order valence-electron chi connectivity index (χ0n) is 11.9. The van der Waals surface area contributed by atoms with Gasteiger partial charge in [0.15, 0.2) is 0 Å². The highest BCUT2D eigenvalue weighted by molar-refractivity contribution is 7.89. The third-order valence-corrected chi connectivity index (χ3v) is 4.66. The molecule has 1 atom stereocenters. The van der Waals surface area contributed by atoms with Gasteiger partial charge < -0.3 is 14.5 Å². The number of hydrogen-bond acceptors (Lipinski definition) is 5. The zero-order valence-corrected chi connectivity index (χ0v) is 12.8. The average molecular weight is 302 g/mol. The van der Waals surface area contributed by atoms with Gasteiger partial charge in [0.2, 0.25) is 5.09 Å². The molecule has 2 N–H and O–H groups in total. The number of ether oxygens (including phenoxy) is 1. The molecule has 1 aliphatic rings. The van der Waals surface area contributed by atoms with Gasteiger partial charge in [0.05, 0.1) is 12.1 Å². The molecule has 2 heterocycles. The first-order chi connectivity index (χ1) is 9.45. The largest absolute Gasteiger partial charge is 0.447 e. The van der Waals surface area contributed by atoms with E-state index in [1.54, 1.807) is 6.07 Å². The van der Waals surface area contributed by atoms with Gasteiger partial charge >= 0.3 is 0 Å². The molecule has 114 valence electrons. The van der Waals surface area contributed by atoms with Crippen LogP contribution in [0.1, 0.15) is 32.4 Å². The highest BCUT2D eigenvalue weighted by Crippen LogP contribution is 2.24. The first kappa shape index (κ1) is 15.5. The highest BCUT2D eigenvalue weighted by atomic mass is 32.2. The summed E-state index contributed by atoms with van der Waals surface area (Å²) in [6.07, 6.45) is 1.82. The molecule has 1 aromatic rings. The molecule has 1 fully saturated rings. The van der Waals surface area contributed by atoms with Crippen LogP contribution in [-0.4, -0.2) is 33.7 Å². The number of nitrogens with one attached hydrogen (secondary N) is 2. The third kappa shape index (κ3) is 3.82. The lowest BCUT2D eigenvalue weighted by Gasteiger charge is -2.22. The molecule has 2 rings (SSSR count). The Morgan fingerprint density at radius 3 is 2.85 bits per heavy atom. The normalized spacial score (nSPS) is 23.3. The number of sulfonamides is 1. The molecule has 0 saturated carbocycles. The summed E-state index contributed by atoms with van der Waals surface area (Å²) in [4.78, 5) is 0. The third-order valence-electron chi connectivity index (χ3n) is 3.39. The Morgan fingerprint density at radius 1 is 1.40 bits per heavy atom. The van der Waals surface area contributed by atoms with E-state index in [4.69, 9.17) is 9.15 Å². The van der Waals surface area contributed by atoms with Gasteiger partial charge in [-0.05, 0) is 38.4 Å². The van der Waals surface area contributed by atoms with Crippen LogP contribution in [0.25, 0.3) is 0 Å². The molecule has 1 aromatic heterocycles. The minimum absolute atomic E-state index is 0.0491. The van der Waals surface area contributed by atoms with Crippen molar-refractivity contribution in [2.24, 2.45) is 0 Å². The lowest BCUT2D eigenvalue weighted by molar-refractivity contribution is 0.0250. The smallest absolute Gasteiger partial charge is 0.274 e. The van der Waals surface area contributed by atoms with E-state index >= 15 is 0 Å². The Hall–Kier alpha value is -0.890. The second-order valence-corrected chi connectivity index (χ2v) is 6.93. The first-order valence-electron chi connectivity index (χ1n) is 6.88. The van der Waals surface area contributed by atoms with Gasteiger partial charge in [-0.2, -0.15) is 0 Å². The van der Waals surface area contributed by atoms with Crippen LogP contribution in [0.3, 0.4) is 0 Å². The van der Waals surface area contributed by atoms with Crippen molar-refractivity contribution in [2.75, 3.05) is 19.7 Å². The number of furan rings is 1. The van der Waals surface area contributed by atoms with E-state index < -0.39 is 15.6 Å². The van der Waals surface area contributed by atoms with Crippen LogP contribution in [0, 0.1) is 0 Å². The molecule has 6 nitrogen and oxygen atoms in total. The number of hydrogen-bond donors (Lipinski definition) is 2. The van der Waals surface area contributed by atoms with E-state index in [1.165, 1.54) is 6.07 Å². The van der Waals surface area contributed by atoms with E-state index in [0.29, 0.717) is 18.9 Å². The predicted molar refractivity (Wildman–Crippen MR) is 74.9 cm³/mol. The Morgan fingerprint density at radius 2 is 2.20 bits per heavy atom. The maximum absolute atomic E-state index is 12.1. The summed E-state index contributed by atoms with van der Waals surface area (Å²) in [7, 11) is -3.61. The summed E-state index contributed by atoms with van der Waals surface area (Å²) in [6, 6.07) is 3.15. The average Bonchev–Trinajstić information content (AvgIpc) is 3.04. The van der Waals surface area contributed by atoms with E-state index in [0.717, 1.165) is 19.4 Å². The number of rotatable bonds is 7. The van der Waals surface area contributed by atoms with Gasteiger partial charge in [0, 0.05) is 13.2 Å². The molecular weight excluding hydrogens is 280 g/mol. The van der Waals surface area contributed by atoms with Crippen molar-refractivity contribution in [2.45, 2.75) is 43.9 Å². The van der Waals surface area contributed by atoms with Crippen LogP contribution < -0.4 is 10.0 Å². The predicted octanol–water partition coefficient (Wildman–Crippen LogP) is 1.24. The van der Waals surface area contributed by atoms with Crippen LogP contribution in [-0.2, 0) is 21.3 Å². The molecule has 0 spiro atoms. The molecule has 20 heavy (non-hydrogen) atoms. The Bertz CT molecular complexity index is 532. The van der Waals surface area contributed by atoms with E-state index in [2.05, 4.69) is 10.0 Å². The SMILES string of the molecule is CCNCc1ccc(S(=O)(=O)NCC2(C)CCCO2)o1. The molecule has 0 amide bonds. The van der Waals surface area contributed by atoms with Crippen LogP contribution >= 0.6 is 0 Å². The zero-order chi connectivity index (χ0) is 14.6. The van der Waals surface area contributed by atoms with Gasteiger partial charge in [0.1, 0.15) is 5.76 Å². The second-order valence-electron chi connectivity index (χ2n) is 5.23. The summed E-state index contributed by atoms with van der Waals surface area (Å²) < 4.78 is 37.7. The lowest BCUT2D eigenvalue weighted by Crippen LogP contribution is -2.39. The van der Waals surface area contributed by atoms with Crippen molar-refractivity contribution in [1.29, 1.82) is 0 Å². The fourth-order valence-electron chi connectivity index (χ4n) is 2.14. The summed E-state index contributed by atoms with van der Waals surface area (Å²) in [5.41, 5.74) is -0.410. The summed E-state index contributed by atoms with van der Waals surface area (Å²) >= 11 is 0. The molecule has 1 saturated heterocycles. The van der Waals surface area contributed by atoms with Gasteiger partial charge in [-0.3, -0.25) is 0 Å². The lowest BCUT2D eigenvalue weighted by atomic mass is 10.0. The van der Waals surface area contributed by atoms with Crippen LogP contribution in [0.4, 0.5) is 0 Å². The summed E-state index contributed by atoms with van der Waals surface area (Å²) in [5, 5.41) is 3.03. The molecule has 1 unspecified atom stereocenters. The van der Waals surface area contributed by atoms with Crippen molar-refractivity contribution in [3.05, 3.63) is 17.9 Å². The van der Waals surface area contributed by atoms with Crippen molar-refractivity contribution in [3.63, 3.8) is 0 Å². The van der Waals surface area contributed by atoms with Crippen molar-refractivity contribution >= 4 is 10.0 Å². The molecule has 0 radical (unpaired) electrons. The maximum Gasteiger partial charge on any atom is 0.274 e. The first-order valence-corrected chi connectivity index (χ1v) is 8.36. The standard InChI is InChI=1S/C13H22N2O4S/c1-3-14-9-11-5-6-12(19-11)20(16,17)15-10-13(2)7-4-8-18-13/h5-6,14-15H,3-4,7-10H2,1-2H3. The van der Waals surface area contributed by atoms with Crippen molar-refractivity contribution in [1.82, 2.24) is 10.0 Å². The molecule has 1 aliphatic heterocycles. The van der Waals surface area contributed by atoms with Crippen molar-refractivity contribution in [3.8, 4) is 0 Å². The fraction of sp³-hybridized carbons (Fsp3) is 0.692. The molecule has 0 aliphatic carbocycles. The minimum atomic E-state index is -3.61. The van der Waals surface area contributed by atoms with Gasteiger partial charge in [-0.25, -0.2) is 13.1 Å². The monoisotopic (exact) mass is 302 g/mol. The van der Waals surface area contributed by atoms with Crippen LogP contribution in [0.5, 0.6) is 0 Å². The second kappa shape index (κ2) is 6.26. The molecule has 0 aromatic carbocycles. The van der Waals surface area contributed by atoms with Gasteiger partial charge in [0.25, 0.3) is 10.0 Å². The van der Waals surface area contributed by atoms with Crippen LogP contribution in [0.15, 0.2) is 21.6 Å².